The summed E-state index contributed by atoms with van der Waals surface area (Å²) in [6.07, 6.45) is 6.68. The van der Waals surface area contributed by atoms with Gasteiger partial charge in [0.1, 0.15) is 59.7 Å². The van der Waals surface area contributed by atoms with Crippen molar-refractivity contribution in [3.05, 3.63) is 84.7 Å². The predicted octanol–water partition coefficient (Wildman–Crippen LogP) is 6.16. The number of carbonyl (C=O) groups is 5. The fourth-order valence-corrected chi connectivity index (χ4v) is 6.99. The molecule has 6 heterocycles. The standard InChI is InChI=1S/C22H22FN5O4.C21H22FN5O3.ClH/c1-15(30)2-5-18-12-27(22(31)32-18)17-4-6-19(20(23)10-17)16-3-7-21(24-11-16)28-9-8-26(14-29)13-25-28;1-14(28)2-5-17-12-26(21(29)30-17)16-4-6-18(19(22)10-16)15-3-7-20(24-11-15)27-9-8-23-13-25-27;/h3-4,6-7,10-11,13-14,18H,2,5,8-9,12H2,1H3;3-4,6-7,10-11,13,17H,2,5,8-9,12H2,1H3,(H,23,25);1H/t18-;17-;/m00./s1. The number of nitrogens with one attached hydrogen (secondary N) is 1. The summed E-state index contributed by atoms with van der Waals surface area (Å²) in [7, 11) is 0. The molecule has 2 fully saturated rings. The highest BCUT2D eigenvalue weighted by Gasteiger charge is 2.34. The number of benzene rings is 2. The second kappa shape index (κ2) is 20.7. The van der Waals surface area contributed by atoms with Gasteiger partial charge in [0.2, 0.25) is 6.41 Å². The number of Topliss-reactive ketones (excluding diaryl/α,β-unsaturated/α-hetero) is 2. The van der Waals surface area contributed by atoms with Gasteiger partial charge in [-0.15, -0.1) is 12.4 Å². The number of hydrogen-bond acceptors (Lipinski definition) is 14. The number of hydrazine groups is 1. The Kier molecular flexibility index (Phi) is 14.9. The normalized spacial score (nSPS) is 17.9. The van der Waals surface area contributed by atoms with Crippen LogP contribution in [0, 0.1) is 11.6 Å². The van der Waals surface area contributed by atoms with Crippen LogP contribution in [0.4, 0.5) is 41.4 Å². The Balaban J connectivity index is 0.000000207. The fraction of sp³-hybridized carbons (Fsp3) is 0.326. The molecule has 63 heavy (non-hydrogen) atoms. The Morgan fingerprint density at radius 3 is 1.71 bits per heavy atom. The molecule has 20 heteroatoms. The molecule has 0 radical (unpaired) electrons. The molecule has 2 atom stereocenters. The molecular formula is C43H45ClF2N10O7. The lowest BCUT2D eigenvalue weighted by Gasteiger charge is -2.25. The highest BCUT2D eigenvalue weighted by Crippen LogP contribution is 2.32. The minimum atomic E-state index is -0.549. The van der Waals surface area contributed by atoms with Gasteiger partial charge in [0, 0.05) is 54.0 Å². The van der Waals surface area contributed by atoms with Crippen LogP contribution in [-0.2, 0) is 23.9 Å². The van der Waals surface area contributed by atoms with Gasteiger partial charge in [0.05, 0.1) is 44.1 Å². The number of rotatable bonds is 13. The van der Waals surface area contributed by atoms with Gasteiger partial charge in [0.15, 0.2) is 0 Å². The Labute approximate surface area is 367 Å². The number of nitrogens with zero attached hydrogens (tertiary/aromatic N) is 9. The van der Waals surface area contributed by atoms with Crippen molar-refractivity contribution in [3.63, 3.8) is 0 Å². The van der Waals surface area contributed by atoms with E-state index in [2.05, 4.69) is 25.5 Å². The molecule has 4 aromatic rings. The van der Waals surface area contributed by atoms with E-state index in [4.69, 9.17) is 9.47 Å². The maximum atomic E-state index is 14.9. The molecule has 4 aliphatic heterocycles. The van der Waals surface area contributed by atoms with Gasteiger partial charge in [-0.25, -0.2) is 33.3 Å². The van der Waals surface area contributed by atoms with Gasteiger partial charge in [-0.3, -0.25) is 30.0 Å². The Morgan fingerprint density at radius 1 is 0.762 bits per heavy atom. The summed E-state index contributed by atoms with van der Waals surface area (Å²) in [4.78, 5) is 74.4. The third-order valence-corrected chi connectivity index (χ3v) is 10.4. The van der Waals surface area contributed by atoms with Gasteiger partial charge in [0.25, 0.3) is 0 Å². The van der Waals surface area contributed by atoms with Crippen LogP contribution in [0.5, 0.6) is 0 Å². The number of anilines is 4. The van der Waals surface area contributed by atoms with Gasteiger partial charge in [-0.05, 0) is 87.4 Å². The number of hydrogen-bond donors (Lipinski definition) is 1. The zero-order valence-corrected chi connectivity index (χ0v) is 35.2. The summed E-state index contributed by atoms with van der Waals surface area (Å²) >= 11 is 0. The number of cyclic esters (lactones) is 2. The number of hydrazone groups is 1. The van der Waals surface area contributed by atoms with Gasteiger partial charge in [-0.2, -0.15) is 5.10 Å². The zero-order chi connectivity index (χ0) is 43.8. The van der Waals surface area contributed by atoms with Crippen molar-refractivity contribution < 1.29 is 42.2 Å². The first kappa shape index (κ1) is 45.5. The summed E-state index contributed by atoms with van der Waals surface area (Å²) < 4.78 is 40.3. The number of halogens is 3. The van der Waals surface area contributed by atoms with Gasteiger partial charge < -0.3 is 24.0 Å². The first-order valence-electron chi connectivity index (χ1n) is 20.0. The van der Waals surface area contributed by atoms with Crippen molar-refractivity contribution in [1.29, 1.82) is 0 Å². The predicted molar refractivity (Wildman–Crippen MR) is 234 cm³/mol. The number of ether oxygens (including phenoxy) is 2. The number of aromatic nitrogens is 2. The van der Waals surface area contributed by atoms with Crippen molar-refractivity contribution in [3.8, 4) is 22.3 Å². The van der Waals surface area contributed by atoms with Gasteiger partial charge in [-0.1, -0.05) is 0 Å². The van der Waals surface area contributed by atoms with Crippen molar-refractivity contribution in [1.82, 2.24) is 20.3 Å². The molecule has 1 N–H and O–H groups in total. The van der Waals surface area contributed by atoms with Gasteiger partial charge >= 0.3 is 12.2 Å². The average molecular weight is 887 g/mol. The van der Waals surface area contributed by atoms with E-state index in [1.165, 1.54) is 47.0 Å². The maximum Gasteiger partial charge on any atom is 0.414 e. The molecule has 17 nitrogen and oxygen atoms in total. The Morgan fingerprint density at radius 2 is 1.30 bits per heavy atom. The van der Waals surface area contributed by atoms with E-state index in [1.807, 2.05) is 11.1 Å². The third-order valence-electron chi connectivity index (χ3n) is 10.4. The van der Waals surface area contributed by atoms with E-state index in [0.29, 0.717) is 104 Å². The molecular weight excluding hydrogens is 842 g/mol. The van der Waals surface area contributed by atoms with E-state index in [1.54, 1.807) is 66.2 Å². The molecule has 0 saturated carbocycles. The number of pyridine rings is 2. The van der Waals surface area contributed by atoms with E-state index in [9.17, 15) is 32.8 Å². The summed E-state index contributed by atoms with van der Waals surface area (Å²) in [6.45, 7) is 5.95. The van der Waals surface area contributed by atoms with Crippen molar-refractivity contribution in [2.75, 3.05) is 59.1 Å². The molecule has 0 spiro atoms. The van der Waals surface area contributed by atoms with E-state index in [0.717, 1.165) is 5.82 Å². The number of amides is 3. The molecule has 0 unspecified atom stereocenters. The van der Waals surface area contributed by atoms with E-state index < -0.39 is 23.8 Å². The lowest BCUT2D eigenvalue weighted by molar-refractivity contribution is -0.118. The number of aliphatic imine (C=N–C) groups is 1. The molecule has 0 bridgehead atoms. The molecule has 4 aliphatic rings. The molecule has 2 aromatic heterocycles. The number of ketones is 2. The third kappa shape index (κ3) is 11.3. The molecule has 0 aliphatic carbocycles. The first-order chi connectivity index (χ1) is 29.9. The molecule has 8 rings (SSSR count). The fourth-order valence-electron chi connectivity index (χ4n) is 6.99. The first-order valence-corrected chi connectivity index (χ1v) is 20.0. The lowest BCUT2D eigenvalue weighted by Crippen LogP contribution is -2.42. The van der Waals surface area contributed by atoms with E-state index in [-0.39, 0.29) is 42.7 Å². The molecule has 330 valence electrons. The Bertz CT molecular complexity index is 2370. The maximum absolute atomic E-state index is 14.9. The van der Waals surface area contributed by atoms with Crippen LogP contribution < -0.4 is 25.2 Å². The van der Waals surface area contributed by atoms with E-state index >= 15 is 0 Å². The van der Waals surface area contributed by atoms with Crippen molar-refractivity contribution in [2.24, 2.45) is 10.1 Å². The second-order valence-corrected chi connectivity index (χ2v) is 14.9. The smallest absolute Gasteiger partial charge is 0.414 e. The minimum absolute atomic E-state index is 0. The van der Waals surface area contributed by atoms with Crippen LogP contribution in [-0.4, -0.2) is 109 Å². The summed E-state index contributed by atoms with van der Waals surface area (Å²) in [5, 5.41) is 7.68. The minimum Gasteiger partial charge on any atom is -0.444 e. The highest BCUT2D eigenvalue weighted by atomic mass is 35.5. The van der Waals surface area contributed by atoms with Crippen molar-refractivity contribution in [2.45, 2.75) is 51.7 Å². The average Bonchev–Trinajstić information content (AvgIpc) is 3.86. The Hall–Kier alpha value is -7.02. The largest absolute Gasteiger partial charge is 0.444 e. The van der Waals surface area contributed by atoms with Crippen LogP contribution >= 0.6 is 12.4 Å². The highest BCUT2D eigenvalue weighted by molar-refractivity contribution is 5.91. The molecule has 2 saturated heterocycles. The summed E-state index contributed by atoms with van der Waals surface area (Å²) in [6, 6.07) is 16.3. The van der Waals surface area contributed by atoms with Crippen molar-refractivity contribution >= 4 is 78.3 Å². The summed E-state index contributed by atoms with van der Waals surface area (Å²) in [5.41, 5.74) is 5.79. The lowest BCUT2D eigenvalue weighted by atomic mass is 10.1. The molecule has 2 aromatic carbocycles. The number of carbonyl (C=O) groups excluding carboxylic acids is 5. The summed E-state index contributed by atoms with van der Waals surface area (Å²) in [5.74, 6) is 0.440. The topological polar surface area (TPSA) is 183 Å². The second-order valence-electron chi connectivity index (χ2n) is 14.9. The van der Waals surface area contributed by atoms with Crippen LogP contribution in [0.2, 0.25) is 0 Å². The SMILES string of the molecule is CC(=O)CC[C@H]1CN(c2ccc(-c3ccc(N4CCN(C=O)C=N4)nc3)c(F)c2)C(=O)O1.CC(=O)CC[C@H]1CN(c2ccc(-c3ccc(N4CCN=CN4)nc3)c(F)c2)C(=O)O1.Cl. The molecule has 3 amide bonds. The van der Waals surface area contributed by atoms with Crippen LogP contribution in [0.25, 0.3) is 22.3 Å². The zero-order valence-electron chi connectivity index (χ0n) is 34.4. The van der Waals surface area contributed by atoms with Crippen LogP contribution in [0.15, 0.2) is 83.2 Å². The van der Waals surface area contributed by atoms with Crippen LogP contribution in [0.3, 0.4) is 0 Å². The quantitative estimate of drug-likeness (QED) is 0.151. The monoisotopic (exact) mass is 886 g/mol. The van der Waals surface area contributed by atoms with Crippen LogP contribution in [0.1, 0.15) is 39.5 Å².